The highest BCUT2D eigenvalue weighted by atomic mass is 35.5. The first-order valence-corrected chi connectivity index (χ1v) is 16.5. The molecule has 0 saturated heterocycles. The first-order valence-electron chi connectivity index (χ1n) is 14.3. The van der Waals surface area contributed by atoms with E-state index in [2.05, 4.69) is 5.32 Å². The fourth-order valence-corrected chi connectivity index (χ4v) is 7.22. The Kier molecular flexibility index (Phi) is 11.0. The number of halogens is 2. The quantitative estimate of drug-likeness (QED) is 0.247. The van der Waals surface area contributed by atoms with Crippen LogP contribution in [0.15, 0.2) is 71.6 Å². The van der Waals surface area contributed by atoms with Gasteiger partial charge in [-0.25, -0.2) is 8.42 Å². The number of nitrogens with zero attached hydrogens (tertiary/aromatic N) is 2. The van der Waals surface area contributed by atoms with Gasteiger partial charge in [0.15, 0.2) is 0 Å². The first-order chi connectivity index (χ1) is 20.5. The molecule has 3 aromatic rings. The number of carbonyl (C=O) groups excluding carboxylic acids is 2. The zero-order chi connectivity index (χ0) is 31.1. The summed E-state index contributed by atoms with van der Waals surface area (Å²) in [6.45, 7) is 3.18. The minimum atomic E-state index is -4.24. The Labute approximate surface area is 264 Å². The molecule has 1 aliphatic rings. The molecule has 3 aromatic carbocycles. The van der Waals surface area contributed by atoms with Gasteiger partial charge in [-0.2, -0.15) is 0 Å². The van der Waals surface area contributed by atoms with Crippen molar-refractivity contribution in [2.24, 2.45) is 0 Å². The van der Waals surface area contributed by atoms with Gasteiger partial charge in [0.05, 0.1) is 17.7 Å². The number of hydrogen-bond donors (Lipinski definition) is 1. The highest BCUT2D eigenvalue weighted by Gasteiger charge is 2.35. The van der Waals surface area contributed by atoms with Crippen molar-refractivity contribution >= 4 is 50.7 Å². The summed E-state index contributed by atoms with van der Waals surface area (Å²) >= 11 is 12.6. The summed E-state index contributed by atoms with van der Waals surface area (Å²) in [4.78, 5) is 29.3. The zero-order valence-corrected chi connectivity index (χ0v) is 26.9. The molecule has 8 nitrogen and oxygen atoms in total. The van der Waals surface area contributed by atoms with Crippen LogP contribution in [0.25, 0.3) is 0 Å². The third-order valence-electron chi connectivity index (χ3n) is 7.60. The van der Waals surface area contributed by atoms with Crippen LogP contribution in [0.2, 0.25) is 10.0 Å². The number of anilines is 1. The van der Waals surface area contributed by atoms with Gasteiger partial charge in [0.25, 0.3) is 10.0 Å². The third-order valence-corrected chi connectivity index (χ3v) is 9.82. The maximum atomic E-state index is 14.3. The summed E-state index contributed by atoms with van der Waals surface area (Å²) < 4.78 is 34.5. The van der Waals surface area contributed by atoms with Crippen molar-refractivity contribution in [1.29, 1.82) is 0 Å². The van der Waals surface area contributed by atoms with Crippen molar-refractivity contribution in [3.05, 3.63) is 87.9 Å². The standard InChI is InChI=1S/C32H37Cl2N3O5S/c1-4-30(32(39)35-26-9-5-6-10-26)36(20-23-8-7-11-28(16-23)42-3)31(38)21-37(27-18-24(33)17-25(34)19-27)43(40,41)29-14-12-22(2)13-15-29/h7-8,11-19,26,30H,4-6,9-10,20-21H2,1-3H3,(H,35,39). The van der Waals surface area contributed by atoms with Gasteiger partial charge < -0.3 is 15.0 Å². The molecule has 1 saturated carbocycles. The highest BCUT2D eigenvalue weighted by Crippen LogP contribution is 2.30. The molecule has 4 rings (SSSR count). The van der Waals surface area contributed by atoms with Gasteiger partial charge in [-0.1, -0.05) is 72.8 Å². The minimum absolute atomic E-state index is 0.00682. The molecule has 1 fully saturated rings. The lowest BCUT2D eigenvalue weighted by Crippen LogP contribution is -2.53. The molecule has 11 heteroatoms. The fraction of sp³-hybridized carbons (Fsp3) is 0.375. The van der Waals surface area contributed by atoms with Gasteiger partial charge in [0.1, 0.15) is 18.3 Å². The highest BCUT2D eigenvalue weighted by molar-refractivity contribution is 7.92. The van der Waals surface area contributed by atoms with E-state index in [4.69, 9.17) is 27.9 Å². The van der Waals surface area contributed by atoms with Crippen molar-refractivity contribution in [3.8, 4) is 5.75 Å². The van der Waals surface area contributed by atoms with E-state index in [0.29, 0.717) is 12.2 Å². The van der Waals surface area contributed by atoms with Gasteiger partial charge in [-0.05, 0) is 74.2 Å². The van der Waals surface area contributed by atoms with Crippen LogP contribution in [0.4, 0.5) is 5.69 Å². The van der Waals surface area contributed by atoms with E-state index in [1.165, 1.54) is 35.2 Å². The van der Waals surface area contributed by atoms with Crippen LogP contribution < -0.4 is 14.4 Å². The molecule has 1 aliphatic carbocycles. The third kappa shape index (κ3) is 8.22. The summed E-state index contributed by atoms with van der Waals surface area (Å²) in [5, 5.41) is 3.55. The molecule has 43 heavy (non-hydrogen) atoms. The van der Waals surface area contributed by atoms with E-state index in [-0.39, 0.29) is 39.1 Å². The largest absolute Gasteiger partial charge is 0.497 e. The molecule has 0 bridgehead atoms. The molecule has 0 radical (unpaired) electrons. The van der Waals surface area contributed by atoms with E-state index in [1.54, 1.807) is 37.4 Å². The Morgan fingerprint density at radius 2 is 1.65 bits per heavy atom. The van der Waals surface area contributed by atoms with E-state index < -0.39 is 28.5 Å². The van der Waals surface area contributed by atoms with Crippen molar-refractivity contribution in [1.82, 2.24) is 10.2 Å². The Hall–Kier alpha value is -3.27. The first kappa shape index (κ1) is 32.6. The maximum absolute atomic E-state index is 14.3. The lowest BCUT2D eigenvalue weighted by atomic mass is 10.1. The molecule has 1 unspecified atom stereocenters. The molecule has 230 valence electrons. The molecule has 2 amide bonds. The second-order valence-corrected chi connectivity index (χ2v) is 13.5. The van der Waals surface area contributed by atoms with Crippen LogP contribution in [0, 0.1) is 6.92 Å². The Morgan fingerprint density at radius 1 is 1.00 bits per heavy atom. The molecule has 0 spiro atoms. The lowest BCUT2D eigenvalue weighted by Gasteiger charge is -2.34. The Bertz CT molecular complexity index is 1520. The average molecular weight is 647 g/mol. The molecule has 0 aromatic heterocycles. The predicted octanol–water partition coefficient (Wildman–Crippen LogP) is 6.37. The number of sulfonamides is 1. The normalized spacial score (nSPS) is 14.3. The number of amides is 2. The van der Waals surface area contributed by atoms with E-state index >= 15 is 0 Å². The smallest absolute Gasteiger partial charge is 0.264 e. The average Bonchev–Trinajstić information content (AvgIpc) is 3.48. The van der Waals surface area contributed by atoms with Gasteiger partial charge in [0.2, 0.25) is 11.8 Å². The lowest BCUT2D eigenvalue weighted by molar-refractivity contribution is -0.140. The number of ether oxygens (including phenoxy) is 1. The van der Waals surface area contributed by atoms with E-state index in [0.717, 1.165) is 41.1 Å². The van der Waals surface area contributed by atoms with Crippen LogP contribution in [0.1, 0.15) is 50.2 Å². The van der Waals surface area contributed by atoms with Gasteiger partial charge in [-0.15, -0.1) is 0 Å². The molecule has 0 aliphatic heterocycles. The van der Waals surface area contributed by atoms with Crippen LogP contribution >= 0.6 is 23.2 Å². The molecular formula is C32H37Cl2N3O5S. The van der Waals surface area contributed by atoms with E-state index in [1.807, 2.05) is 19.9 Å². The monoisotopic (exact) mass is 645 g/mol. The topological polar surface area (TPSA) is 96.0 Å². The fourth-order valence-electron chi connectivity index (χ4n) is 5.30. The van der Waals surface area contributed by atoms with Gasteiger partial charge >= 0.3 is 0 Å². The number of benzene rings is 3. The van der Waals surface area contributed by atoms with Crippen LogP contribution in [-0.4, -0.2) is 50.9 Å². The number of carbonyl (C=O) groups is 2. The van der Waals surface area contributed by atoms with E-state index in [9.17, 15) is 18.0 Å². The summed E-state index contributed by atoms with van der Waals surface area (Å²) in [6.07, 6.45) is 4.21. The Morgan fingerprint density at radius 3 is 2.26 bits per heavy atom. The van der Waals surface area contributed by atoms with Crippen molar-refractivity contribution in [2.45, 2.75) is 69.5 Å². The second-order valence-electron chi connectivity index (χ2n) is 10.7. The predicted molar refractivity (Wildman–Crippen MR) is 170 cm³/mol. The van der Waals surface area contributed by atoms with Crippen LogP contribution in [0.3, 0.4) is 0 Å². The summed E-state index contributed by atoms with van der Waals surface area (Å²) in [5.74, 6) is -0.210. The zero-order valence-electron chi connectivity index (χ0n) is 24.6. The van der Waals surface area contributed by atoms with Crippen LogP contribution in [0.5, 0.6) is 5.75 Å². The number of hydrogen-bond acceptors (Lipinski definition) is 5. The van der Waals surface area contributed by atoms with Crippen molar-refractivity contribution in [2.75, 3.05) is 18.0 Å². The Balaban J connectivity index is 1.75. The molecule has 1 atom stereocenters. The molecule has 0 heterocycles. The SMILES string of the molecule is CCC(C(=O)NC1CCCC1)N(Cc1cccc(OC)c1)C(=O)CN(c1cc(Cl)cc(Cl)c1)S(=O)(=O)c1ccc(C)cc1. The minimum Gasteiger partial charge on any atom is -0.497 e. The molecular weight excluding hydrogens is 609 g/mol. The maximum Gasteiger partial charge on any atom is 0.264 e. The second kappa shape index (κ2) is 14.5. The van der Waals surface area contributed by atoms with Gasteiger partial charge in [0, 0.05) is 22.6 Å². The number of methoxy groups -OCH3 is 1. The number of aryl methyl sites for hydroxylation is 1. The summed E-state index contributed by atoms with van der Waals surface area (Å²) in [5.41, 5.74) is 1.76. The number of nitrogens with one attached hydrogen (secondary N) is 1. The summed E-state index contributed by atoms with van der Waals surface area (Å²) in [6, 6.07) is 17.2. The van der Waals surface area contributed by atoms with Crippen LogP contribution in [-0.2, 0) is 26.2 Å². The molecule has 1 N–H and O–H groups in total. The van der Waals surface area contributed by atoms with Gasteiger partial charge in [-0.3, -0.25) is 13.9 Å². The number of rotatable bonds is 12. The summed E-state index contributed by atoms with van der Waals surface area (Å²) in [7, 11) is -2.69. The van der Waals surface area contributed by atoms with Crippen molar-refractivity contribution in [3.63, 3.8) is 0 Å². The van der Waals surface area contributed by atoms with Crippen molar-refractivity contribution < 1.29 is 22.7 Å².